The number of halogens is 1. The molecule has 2 fully saturated rings. The van der Waals surface area contributed by atoms with Gasteiger partial charge in [-0.2, -0.15) is 0 Å². The van der Waals surface area contributed by atoms with Crippen LogP contribution in [0, 0.1) is 0 Å². The third-order valence-corrected chi connectivity index (χ3v) is 5.26. The Bertz CT molecular complexity index is 526. The summed E-state index contributed by atoms with van der Waals surface area (Å²) in [6.07, 6.45) is 3.00. The zero-order chi connectivity index (χ0) is 16.2. The summed E-state index contributed by atoms with van der Waals surface area (Å²) in [6, 6.07) is 10.4. The van der Waals surface area contributed by atoms with Crippen LogP contribution in [0.5, 0.6) is 0 Å². The van der Waals surface area contributed by atoms with Gasteiger partial charge in [-0.15, -0.1) is 12.4 Å². The van der Waals surface area contributed by atoms with Gasteiger partial charge in [0, 0.05) is 38.4 Å². The molecule has 3 N–H and O–H groups in total. The van der Waals surface area contributed by atoms with E-state index in [0.29, 0.717) is 32.6 Å². The van der Waals surface area contributed by atoms with Crippen LogP contribution in [-0.4, -0.2) is 44.4 Å². The lowest BCUT2D eigenvalue weighted by Crippen LogP contribution is -2.59. The number of carbonyl (C=O) groups is 1. The fourth-order valence-corrected chi connectivity index (χ4v) is 3.51. The number of hydrogen-bond donors (Lipinski definition) is 2. The molecule has 2 heterocycles. The molecule has 0 bridgehead atoms. The van der Waals surface area contributed by atoms with Crippen LogP contribution in [0.3, 0.4) is 0 Å². The number of carbonyl (C=O) groups excluding carboxylic acids is 1. The Labute approximate surface area is 149 Å². The predicted molar refractivity (Wildman–Crippen MR) is 95.4 cm³/mol. The third-order valence-electron chi connectivity index (χ3n) is 5.26. The molecule has 0 aliphatic carbocycles. The Hall–Kier alpha value is -1.14. The Balaban J connectivity index is 0.00000208. The first-order valence-corrected chi connectivity index (χ1v) is 8.43. The van der Waals surface area contributed by atoms with Crippen molar-refractivity contribution in [3.05, 3.63) is 35.9 Å². The van der Waals surface area contributed by atoms with Gasteiger partial charge < -0.3 is 20.5 Å². The van der Waals surface area contributed by atoms with E-state index in [0.717, 1.165) is 26.1 Å². The third kappa shape index (κ3) is 4.09. The smallest absolute Gasteiger partial charge is 0.240 e. The standard InChI is InChI=1S/C18H26N2O3.ClH/c19-18(8-12-23-13-9-18)16(21)20-14-17(6-10-22-11-7-17)15-4-2-1-3-5-15;/h1-5H,6-14,19H2,(H,20,21);1H. The van der Waals surface area contributed by atoms with Crippen molar-refractivity contribution in [3.8, 4) is 0 Å². The van der Waals surface area contributed by atoms with Crippen molar-refractivity contribution in [1.29, 1.82) is 0 Å². The van der Waals surface area contributed by atoms with Gasteiger partial charge in [0.25, 0.3) is 0 Å². The topological polar surface area (TPSA) is 73.6 Å². The maximum Gasteiger partial charge on any atom is 0.240 e. The summed E-state index contributed by atoms with van der Waals surface area (Å²) in [5.41, 5.74) is 6.70. The molecule has 1 aromatic rings. The second-order valence-corrected chi connectivity index (χ2v) is 6.71. The molecule has 24 heavy (non-hydrogen) atoms. The highest BCUT2D eigenvalue weighted by molar-refractivity contribution is 5.86. The first-order valence-electron chi connectivity index (χ1n) is 8.43. The van der Waals surface area contributed by atoms with E-state index in [-0.39, 0.29) is 23.7 Å². The molecule has 2 aliphatic heterocycles. The van der Waals surface area contributed by atoms with Crippen molar-refractivity contribution in [3.63, 3.8) is 0 Å². The van der Waals surface area contributed by atoms with Crippen LogP contribution in [-0.2, 0) is 19.7 Å². The van der Waals surface area contributed by atoms with Crippen LogP contribution in [0.4, 0.5) is 0 Å². The molecule has 2 aliphatic rings. The SMILES string of the molecule is Cl.NC1(C(=O)NCC2(c3ccccc3)CCOCC2)CCOCC1. The molecule has 3 rings (SSSR count). The lowest BCUT2D eigenvalue weighted by Gasteiger charge is -2.39. The van der Waals surface area contributed by atoms with Gasteiger partial charge in [-0.3, -0.25) is 4.79 Å². The van der Waals surface area contributed by atoms with Gasteiger partial charge in [0.2, 0.25) is 5.91 Å². The van der Waals surface area contributed by atoms with Crippen molar-refractivity contribution in [1.82, 2.24) is 5.32 Å². The summed E-state index contributed by atoms with van der Waals surface area (Å²) >= 11 is 0. The summed E-state index contributed by atoms with van der Waals surface area (Å²) in [5.74, 6) is -0.0532. The molecule has 0 spiro atoms. The summed E-state index contributed by atoms with van der Waals surface area (Å²) in [4.78, 5) is 12.6. The molecule has 0 atom stereocenters. The van der Waals surface area contributed by atoms with E-state index in [9.17, 15) is 4.79 Å². The number of ether oxygens (including phenoxy) is 2. The molecule has 6 heteroatoms. The van der Waals surface area contributed by atoms with Crippen molar-refractivity contribution >= 4 is 18.3 Å². The molecule has 0 radical (unpaired) electrons. The highest BCUT2D eigenvalue weighted by Gasteiger charge is 2.39. The van der Waals surface area contributed by atoms with E-state index < -0.39 is 5.54 Å². The predicted octanol–water partition coefficient (Wildman–Crippen LogP) is 1.78. The first kappa shape index (κ1) is 19.2. The van der Waals surface area contributed by atoms with Gasteiger partial charge in [-0.1, -0.05) is 30.3 Å². The highest BCUT2D eigenvalue weighted by atomic mass is 35.5. The van der Waals surface area contributed by atoms with E-state index in [2.05, 4.69) is 29.6 Å². The largest absolute Gasteiger partial charge is 0.381 e. The number of hydrogen-bond acceptors (Lipinski definition) is 4. The number of benzene rings is 1. The van der Waals surface area contributed by atoms with Gasteiger partial charge in [0.1, 0.15) is 0 Å². The maximum absolute atomic E-state index is 12.6. The normalized spacial score (nSPS) is 22.2. The molecule has 0 aromatic heterocycles. The lowest BCUT2D eigenvalue weighted by atomic mass is 9.74. The number of rotatable bonds is 4. The molecule has 0 unspecified atom stereocenters. The van der Waals surface area contributed by atoms with Crippen LogP contribution in [0.1, 0.15) is 31.2 Å². The van der Waals surface area contributed by atoms with E-state index in [4.69, 9.17) is 15.2 Å². The average molecular weight is 355 g/mol. The fourth-order valence-electron chi connectivity index (χ4n) is 3.51. The Morgan fingerprint density at radius 1 is 1.00 bits per heavy atom. The zero-order valence-electron chi connectivity index (χ0n) is 14.0. The summed E-state index contributed by atoms with van der Waals surface area (Å²) in [6.45, 7) is 3.18. The van der Waals surface area contributed by atoms with Crippen LogP contribution in [0.2, 0.25) is 0 Å². The fraction of sp³-hybridized carbons (Fsp3) is 0.611. The number of amides is 1. The molecule has 1 amide bonds. The molecular formula is C18H27ClN2O3. The molecule has 2 saturated heterocycles. The molecule has 0 saturated carbocycles. The van der Waals surface area contributed by atoms with Crippen LogP contribution in [0.25, 0.3) is 0 Å². The Morgan fingerprint density at radius 2 is 1.54 bits per heavy atom. The highest BCUT2D eigenvalue weighted by Crippen LogP contribution is 2.34. The second kappa shape index (κ2) is 8.30. The monoisotopic (exact) mass is 354 g/mol. The van der Waals surface area contributed by atoms with Crippen molar-refractivity contribution in [2.75, 3.05) is 33.0 Å². The first-order chi connectivity index (χ1) is 11.1. The Kier molecular flexibility index (Phi) is 6.63. The van der Waals surface area contributed by atoms with E-state index in [1.807, 2.05) is 6.07 Å². The van der Waals surface area contributed by atoms with E-state index >= 15 is 0 Å². The van der Waals surface area contributed by atoms with Crippen LogP contribution < -0.4 is 11.1 Å². The van der Waals surface area contributed by atoms with Crippen molar-refractivity contribution < 1.29 is 14.3 Å². The average Bonchev–Trinajstić information content (AvgIpc) is 2.62. The van der Waals surface area contributed by atoms with Gasteiger partial charge in [-0.05, 0) is 31.2 Å². The second-order valence-electron chi connectivity index (χ2n) is 6.71. The number of nitrogens with two attached hydrogens (primary N) is 1. The molecule has 1 aromatic carbocycles. The minimum Gasteiger partial charge on any atom is -0.381 e. The van der Waals surface area contributed by atoms with Gasteiger partial charge in [0.05, 0.1) is 5.54 Å². The minimum absolute atomic E-state index is 0. The van der Waals surface area contributed by atoms with Gasteiger partial charge in [-0.25, -0.2) is 0 Å². The quantitative estimate of drug-likeness (QED) is 0.864. The van der Waals surface area contributed by atoms with E-state index in [1.54, 1.807) is 0 Å². The van der Waals surface area contributed by atoms with E-state index in [1.165, 1.54) is 5.56 Å². The lowest BCUT2D eigenvalue weighted by molar-refractivity contribution is -0.130. The van der Waals surface area contributed by atoms with Crippen molar-refractivity contribution in [2.45, 2.75) is 36.6 Å². The van der Waals surface area contributed by atoms with Crippen molar-refractivity contribution in [2.24, 2.45) is 5.73 Å². The van der Waals surface area contributed by atoms with Gasteiger partial charge >= 0.3 is 0 Å². The van der Waals surface area contributed by atoms with Gasteiger partial charge in [0.15, 0.2) is 0 Å². The van der Waals surface area contributed by atoms with Crippen LogP contribution >= 0.6 is 12.4 Å². The summed E-state index contributed by atoms with van der Waals surface area (Å²) < 4.78 is 10.9. The summed E-state index contributed by atoms with van der Waals surface area (Å²) in [5, 5.41) is 3.13. The Morgan fingerprint density at radius 3 is 2.12 bits per heavy atom. The zero-order valence-corrected chi connectivity index (χ0v) is 14.8. The van der Waals surface area contributed by atoms with Crippen LogP contribution in [0.15, 0.2) is 30.3 Å². The number of nitrogens with one attached hydrogen (secondary N) is 1. The molecule has 134 valence electrons. The maximum atomic E-state index is 12.6. The minimum atomic E-state index is -0.790. The molecular weight excluding hydrogens is 328 g/mol. The molecule has 5 nitrogen and oxygen atoms in total. The summed E-state index contributed by atoms with van der Waals surface area (Å²) in [7, 11) is 0.